The molecule has 1 amide bonds. The standard InChI is InChI=1S/C21H15BrCl2FN5O2/c22-16-9-14(23)4-5-19(16)32-12-29-7-6-18(27-29)21(31)26-20-17(24)11-30(28-20)10-13-2-1-3-15(25)8-13/h1-9,11H,10,12H2,(H,26,28,31). The maximum atomic E-state index is 13.4. The summed E-state index contributed by atoms with van der Waals surface area (Å²) in [5, 5.41) is 11.9. The largest absolute Gasteiger partial charge is 0.470 e. The number of aromatic nitrogens is 4. The molecule has 0 saturated heterocycles. The van der Waals surface area contributed by atoms with E-state index >= 15 is 0 Å². The van der Waals surface area contributed by atoms with E-state index in [9.17, 15) is 9.18 Å². The molecular formula is C21H15BrCl2FN5O2. The van der Waals surface area contributed by atoms with Crippen LogP contribution in [-0.4, -0.2) is 25.5 Å². The number of amides is 1. The van der Waals surface area contributed by atoms with Gasteiger partial charge >= 0.3 is 0 Å². The van der Waals surface area contributed by atoms with E-state index in [0.717, 1.165) is 0 Å². The van der Waals surface area contributed by atoms with Crippen LogP contribution in [0.4, 0.5) is 10.2 Å². The predicted octanol–water partition coefficient (Wildman–Crippen LogP) is 5.63. The van der Waals surface area contributed by atoms with Crippen molar-refractivity contribution >= 4 is 50.9 Å². The van der Waals surface area contributed by atoms with Crippen molar-refractivity contribution < 1.29 is 13.9 Å². The average molecular weight is 539 g/mol. The van der Waals surface area contributed by atoms with Crippen LogP contribution in [0, 0.1) is 5.82 Å². The van der Waals surface area contributed by atoms with Crippen LogP contribution < -0.4 is 10.1 Å². The molecule has 1 N–H and O–H groups in total. The first kappa shape index (κ1) is 22.3. The Labute approximate surface area is 200 Å². The molecule has 32 heavy (non-hydrogen) atoms. The second kappa shape index (κ2) is 9.72. The van der Waals surface area contributed by atoms with E-state index in [1.54, 1.807) is 48.8 Å². The number of ether oxygens (including phenoxy) is 1. The van der Waals surface area contributed by atoms with Crippen LogP contribution in [0.15, 0.2) is 65.4 Å². The third kappa shape index (κ3) is 5.48. The molecule has 2 aromatic carbocycles. The lowest BCUT2D eigenvalue weighted by Crippen LogP contribution is -2.15. The molecule has 0 bridgehead atoms. The number of hydrogen-bond acceptors (Lipinski definition) is 4. The summed E-state index contributed by atoms with van der Waals surface area (Å²) >= 11 is 15.5. The van der Waals surface area contributed by atoms with Crippen molar-refractivity contribution in [1.82, 2.24) is 19.6 Å². The van der Waals surface area contributed by atoms with Crippen molar-refractivity contribution in [3.05, 3.63) is 92.5 Å². The molecule has 0 aliphatic rings. The zero-order chi connectivity index (χ0) is 22.7. The van der Waals surface area contributed by atoms with E-state index in [1.807, 2.05) is 0 Å². The van der Waals surface area contributed by atoms with Gasteiger partial charge in [0.2, 0.25) is 0 Å². The minimum absolute atomic E-state index is 0.0938. The molecule has 0 radical (unpaired) electrons. The third-order valence-electron chi connectivity index (χ3n) is 4.30. The number of anilines is 1. The number of hydrogen-bond donors (Lipinski definition) is 1. The van der Waals surface area contributed by atoms with E-state index < -0.39 is 5.91 Å². The zero-order valence-electron chi connectivity index (χ0n) is 16.3. The summed E-state index contributed by atoms with van der Waals surface area (Å²) in [6, 6.07) is 12.9. The fraction of sp³-hybridized carbons (Fsp3) is 0.0952. The van der Waals surface area contributed by atoms with Gasteiger partial charge in [0.1, 0.15) is 16.6 Å². The molecule has 0 unspecified atom stereocenters. The van der Waals surface area contributed by atoms with Gasteiger partial charge in [0.05, 0.1) is 11.0 Å². The summed E-state index contributed by atoms with van der Waals surface area (Å²) < 4.78 is 22.7. The highest BCUT2D eigenvalue weighted by Crippen LogP contribution is 2.28. The van der Waals surface area contributed by atoms with Gasteiger partial charge < -0.3 is 10.1 Å². The first-order chi connectivity index (χ1) is 15.4. The van der Waals surface area contributed by atoms with Crippen molar-refractivity contribution in [2.24, 2.45) is 0 Å². The monoisotopic (exact) mass is 537 g/mol. The lowest BCUT2D eigenvalue weighted by molar-refractivity contribution is 0.101. The fourth-order valence-electron chi connectivity index (χ4n) is 2.84. The SMILES string of the molecule is O=C(Nc1nn(Cc2cccc(F)c2)cc1Cl)c1ccn(COc2ccc(Cl)cc2Br)n1. The van der Waals surface area contributed by atoms with Crippen LogP contribution >= 0.6 is 39.1 Å². The van der Waals surface area contributed by atoms with Gasteiger partial charge in [0.15, 0.2) is 18.2 Å². The minimum Gasteiger partial charge on any atom is -0.470 e. The lowest BCUT2D eigenvalue weighted by atomic mass is 10.2. The highest BCUT2D eigenvalue weighted by Gasteiger charge is 2.15. The molecular weight excluding hydrogens is 524 g/mol. The van der Waals surface area contributed by atoms with E-state index in [1.165, 1.54) is 21.5 Å². The Bertz CT molecular complexity index is 1280. The second-order valence-electron chi connectivity index (χ2n) is 6.70. The zero-order valence-corrected chi connectivity index (χ0v) is 19.4. The third-order valence-corrected chi connectivity index (χ3v) is 5.43. The van der Waals surface area contributed by atoms with E-state index in [4.69, 9.17) is 27.9 Å². The van der Waals surface area contributed by atoms with Crippen LogP contribution in [0.2, 0.25) is 10.0 Å². The number of benzene rings is 2. The Balaban J connectivity index is 1.38. The Hall–Kier alpha value is -2.88. The Morgan fingerprint density at radius 1 is 1.12 bits per heavy atom. The predicted molar refractivity (Wildman–Crippen MR) is 123 cm³/mol. The van der Waals surface area contributed by atoms with Gasteiger partial charge in [-0.25, -0.2) is 9.07 Å². The molecule has 0 atom stereocenters. The van der Waals surface area contributed by atoms with Crippen LogP contribution in [-0.2, 0) is 13.3 Å². The lowest BCUT2D eigenvalue weighted by Gasteiger charge is -2.08. The van der Waals surface area contributed by atoms with Gasteiger partial charge in [0.25, 0.3) is 5.91 Å². The summed E-state index contributed by atoms with van der Waals surface area (Å²) in [5.74, 6) is -0.0397. The summed E-state index contributed by atoms with van der Waals surface area (Å²) in [7, 11) is 0. The molecule has 164 valence electrons. The van der Waals surface area contributed by atoms with Gasteiger partial charge in [-0.1, -0.05) is 35.3 Å². The highest BCUT2D eigenvalue weighted by atomic mass is 79.9. The normalized spacial score (nSPS) is 10.9. The van der Waals surface area contributed by atoms with Gasteiger partial charge in [-0.3, -0.25) is 9.48 Å². The first-order valence-electron chi connectivity index (χ1n) is 9.27. The molecule has 11 heteroatoms. The number of nitrogens with zero attached hydrogens (tertiary/aromatic N) is 4. The Morgan fingerprint density at radius 2 is 1.97 bits per heavy atom. The average Bonchev–Trinajstić information content (AvgIpc) is 3.34. The minimum atomic E-state index is -0.477. The fourth-order valence-corrected chi connectivity index (χ4v) is 3.83. The molecule has 4 aromatic rings. The van der Waals surface area contributed by atoms with Crippen molar-refractivity contribution in [1.29, 1.82) is 0 Å². The highest BCUT2D eigenvalue weighted by molar-refractivity contribution is 9.10. The Morgan fingerprint density at radius 3 is 2.75 bits per heavy atom. The molecule has 0 aliphatic carbocycles. The first-order valence-corrected chi connectivity index (χ1v) is 10.8. The molecule has 2 aromatic heterocycles. The second-order valence-corrected chi connectivity index (χ2v) is 8.39. The smallest absolute Gasteiger partial charge is 0.277 e. The molecule has 0 spiro atoms. The molecule has 0 saturated carbocycles. The number of rotatable bonds is 7. The van der Waals surface area contributed by atoms with Crippen LogP contribution in [0.1, 0.15) is 16.1 Å². The van der Waals surface area contributed by atoms with Crippen molar-refractivity contribution in [2.45, 2.75) is 13.3 Å². The molecule has 7 nitrogen and oxygen atoms in total. The van der Waals surface area contributed by atoms with Crippen LogP contribution in [0.3, 0.4) is 0 Å². The summed E-state index contributed by atoms with van der Waals surface area (Å²) in [6.07, 6.45) is 3.17. The Kier molecular flexibility index (Phi) is 6.78. The van der Waals surface area contributed by atoms with Gasteiger partial charge in [-0.05, 0) is 57.9 Å². The van der Waals surface area contributed by atoms with Crippen LogP contribution in [0.5, 0.6) is 5.75 Å². The van der Waals surface area contributed by atoms with Crippen molar-refractivity contribution in [3.8, 4) is 5.75 Å². The van der Waals surface area contributed by atoms with E-state index in [-0.39, 0.29) is 29.1 Å². The summed E-state index contributed by atoms with van der Waals surface area (Å²) in [5.41, 5.74) is 0.882. The molecule has 0 fully saturated rings. The summed E-state index contributed by atoms with van der Waals surface area (Å²) in [4.78, 5) is 12.6. The maximum absolute atomic E-state index is 13.4. The number of carbonyl (C=O) groups is 1. The van der Waals surface area contributed by atoms with Gasteiger partial charge in [-0.2, -0.15) is 10.2 Å². The van der Waals surface area contributed by atoms with Gasteiger partial charge in [0, 0.05) is 17.4 Å². The number of carbonyl (C=O) groups excluding carboxylic acids is 1. The van der Waals surface area contributed by atoms with Gasteiger partial charge in [-0.15, -0.1) is 0 Å². The molecule has 0 aliphatic heterocycles. The van der Waals surface area contributed by atoms with E-state index in [2.05, 4.69) is 31.4 Å². The number of nitrogens with one attached hydrogen (secondary N) is 1. The topological polar surface area (TPSA) is 74.0 Å². The van der Waals surface area contributed by atoms with E-state index in [0.29, 0.717) is 27.4 Å². The van der Waals surface area contributed by atoms with Crippen molar-refractivity contribution in [2.75, 3.05) is 5.32 Å². The van der Waals surface area contributed by atoms with Crippen LogP contribution in [0.25, 0.3) is 0 Å². The molecule has 4 rings (SSSR count). The quantitative estimate of drug-likeness (QED) is 0.331. The number of halogens is 4. The summed E-state index contributed by atoms with van der Waals surface area (Å²) in [6.45, 7) is 0.399. The maximum Gasteiger partial charge on any atom is 0.277 e. The molecule has 2 heterocycles. The van der Waals surface area contributed by atoms with Crippen molar-refractivity contribution in [3.63, 3.8) is 0 Å².